The Morgan fingerprint density at radius 1 is 0.688 bits per heavy atom. The van der Waals surface area contributed by atoms with Crippen LogP contribution in [0.1, 0.15) is 63.4 Å². The van der Waals surface area contributed by atoms with E-state index in [1.807, 2.05) is 0 Å². The summed E-state index contributed by atoms with van der Waals surface area (Å²) in [7, 11) is 0. The summed E-state index contributed by atoms with van der Waals surface area (Å²) < 4.78 is 2.53. The second-order valence-electron chi connectivity index (χ2n) is 9.71. The molecule has 0 amide bonds. The highest BCUT2D eigenvalue weighted by Crippen LogP contribution is 2.27. The Hall–Kier alpha value is -2.61. The Morgan fingerprint density at radius 3 is 2.16 bits per heavy atom. The minimum atomic E-state index is 1.18. The molecule has 2 aliphatic heterocycles. The van der Waals surface area contributed by atoms with Crippen molar-refractivity contribution in [2.75, 3.05) is 31.1 Å². The molecule has 2 aliphatic carbocycles. The first-order valence-electron chi connectivity index (χ1n) is 12.8. The molecule has 0 N–H and O–H groups in total. The van der Waals surface area contributed by atoms with Crippen molar-refractivity contribution in [3.05, 3.63) is 83.0 Å². The third kappa shape index (κ3) is 5.41. The number of hydrogen-bond donors (Lipinski definition) is 0. The highest BCUT2D eigenvalue weighted by molar-refractivity contribution is 6.02. The molecule has 0 unspecified atom stereocenters. The molecular weight excluding hydrogens is 388 g/mol. The van der Waals surface area contributed by atoms with E-state index in [4.69, 9.17) is 0 Å². The van der Waals surface area contributed by atoms with Crippen molar-refractivity contribution in [1.82, 2.24) is 0 Å². The average molecular weight is 426 g/mol. The lowest BCUT2D eigenvalue weighted by molar-refractivity contribution is -0.535. The summed E-state index contributed by atoms with van der Waals surface area (Å²) in [6, 6.07) is 9.20. The molecule has 0 radical (unpaired) electrons. The monoisotopic (exact) mass is 425 g/mol. The van der Waals surface area contributed by atoms with Crippen LogP contribution in [0.2, 0.25) is 0 Å². The Morgan fingerprint density at radius 2 is 1.41 bits per heavy atom. The number of benzene rings is 1. The molecule has 1 aromatic carbocycles. The standard InChI is InChI=1S/C30H37N2/c1-3-18-31(19-4-1)29-14-10-25(11-15-29)22-27-8-7-9-28(24-27)23-26-12-16-30(17-13-26)32-20-5-2-6-21-32/h10-17,22-24H,1-9,18-21H2/q+1. The van der Waals surface area contributed by atoms with Crippen LogP contribution in [0.4, 0.5) is 5.69 Å². The molecule has 2 saturated heterocycles. The topological polar surface area (TPSA) is 6.25 Å². The van der Waals surface area contributed by atoms with Crippen molar-refractivity contribution in [2.24, 2.45) is 0 Å². The van der Waals surface area contributed by atoms with Gasteiger partial charge in [-0.2, -0.15) is 0 Å². The van der Waals surface area contributed by atoms with E-state index >= 15 is 0 Å². The third-order valence-electron chi connectivity index (χ3n) is 7.23. The predicted molar refractivity (Wildman–Crippen MR) is 138 cm³/mol. The molecule has 166 valence electrons. The lowest BCUT2D eigenvalue weighted by Crippen LogP contribution is -2.29. The van der Waals surface area contributed by atoms with Crippen molar-refractivity contribution < 1.29 is 4.58 Å². The summed E-state index contributed by atoms with van der Waals surface area (Å²) in [5.74, 6) is 0. The van der Waals surface area contributed by atoms with Gasteiger partial charge in [-0.25, -0.2) is 4.58 Å². The highest BCUT2D eigenvalue weighted by Gasteiger charge is 2.16. The van der Waals surface area contributed by atoms with Crippen LogP contribution in [0.15, 0.2) is 77.4 Å². The predicted octanol–water partition coefficient (Wildman–Crippen LogP) is 6.86. The first-order valence-corrected chi connectivity index (χ1v) is 12.8. The van der Waals surface area contributed by atoms with Gasteiger partial charge in [0.1, 0.15) is 13.1 Å². The SMILES string of the molecule is C1=CC(=[N+]2CCCCC2)C=CC1=CC1=C/C(=C/c2ccc(N3CCCCC3)cc2)CCC1. The summed E-state index contributed by atoms with van der Waals surface area (Å²) >= 11 is 0. The van der Waals surface area contributed by atoms with Gasteiger partial charge in [0.2, 0.25) is 0 Å². The minimum Gasteiger partial charge on any atom is -0.372 e. The van der Waals surface area contributed by atoms with Gasteiger partial charge in [0.15, 0.2) is 5.71 Å². The van der Waals surface area contributed by atoms with Crippen molar-refractivity contribution >= 4 is 17.5 Å². The van der Waals surface area contributed by atoms with Crippen LogP contribution in [0.3, 0.4) is 0 Å². The van der Waals surface area contributed by atoms with Gasteiger partial charge in [0.05, 0.1) is 0 Å². The Labute approximate surface area is 194 Å². The van der Waals surface area contributed by atoms with E-state index in [2.05, 4.69) is 76.3 Å². The number of nitrogens with zero attached hydrogens (tertiary/aromatic N) is 2. The smallest absolute Gasteiger partial charge is 0.199 e. The second kappa shape index (κ2) is 10.3. The molecule has 32 heavy (non-hydrogen) atoms. The molecule has 2 heteroatoms. The first-order chi connectivity index (χ1) is 15.8. The lowest BCUT2D eigenvalue weighted by Gasteiger charge is -2.28. The van der Waals surface area contributed by atoms with Gasteiger partial charge < -0.3 is 4.90 Å². The molecule has 1 aromatic rings. The first kappa shape index (κ1) is 21.2. The van der Waals surface area contributed by atoms with Gasteiger partial charge in [0, 0.05) is 43.8 Å². The van der Waals surface area contributed by atoms with Crippen molar-refractivity contribution in [2.45, 2.75) is 57.8 Å². The molecule has 2 heterocycles. The van der Waals surface area contributed by atoms with Crippen molar-refractivity contribution in [1.29, 1.82) is 0 Å². The summed E-state index contributed by atoms with van der Waals surface area (Å²) in [4.78, 5) is 2.53. The molecule has 0 spiro atoms. The van der Waals surface area contributed by atoms with E-state index in [0.717, 1.165) is 0 Å². The van der Waals surface area contributed by atoms with Crippen molar-refractivity contribution in [3.8, 4) is 0 Å². The Kier molecular flexibility index (Phi) is 6.86. The van der Waals surface area contributed by atoms with E-state index in [1.165, 1.54) is 118 Å². The van der Waals surface area contributed by atoms with Gasteiger partial charge in [-0.05, 0) is 91.5 Å². The molecular formula is C30H37N2+. The second-order valence-corrected chi connectivity index (χ2v) is 9.71. The molecule has 5 rings (SSSR count). The fraction of sp³-hybridized carbons (Fsp3) is 0.433. The summed E-state index contributed by atoms with van der Waals surface area (Å²) in [6.45, 7) is 4.84. The summed E-state index contributed by atoms with van der Waals surface area (Å²) in [5.41, 5.74) is 8.32. The van der Waals surface area contributed by atoms with Crippen LogP contribution in [-0.4, -0.2) is 36.5 Å². The largest absolute Gasteiger partial charge is 0.372 e. The third-order valence-corrected chi connectivity index (χ3v) is 7.23. The van der Waals surface area contributed by atoms with Crippen LogP contribution >= 0.6 is 0 Å². The van der Waals surface area contributed by atoms with E-state index < -0.39 is 0 Å². The number of anilines is 1. The highest BCUT2D eigenvalue weighted by atomic mass is 15.1. The zero-order valence-electron chi connectivity index (χ0n) is 19.4. The minimum absolute atomic E-state index is 1.18. The maximum Gasteiger partial charge on any atom is 0.199 e. The Bertz CT molecular complexity index is 966. The van der Waals surface area contributed by atoms with Crippen LogP contribution in [0.25, 0.3) is 6.08 Å². The van der Waals surface area contributed by atoms with Gasteiger partial charge in [0.25, 0.3) is 0 Å². The van der Waals surface area contributed by atoms with Crippen LogP contribution < -0.4 is 4.90 Å². The van der Waals surface area contributed by atoms with Crippen LogP contribution in [0.5, 0.6) is 0 Å². The zero-order valence-corrected chi connectivity index (χ0v) is 19.4. The van der Waals surface area contributed by atoms with Crippen LogP contribution in [-0.2, 0) is 0 Å². The quantitative estimate of drug-likeness (QED) is 0.479. The van der Waals surface area contributed by atoms with Gasteiger partial charge in [-0.15, -0.1) is 0 Å². The van der Waals surface area contributed by atoms with Gasteiger partial charge in [-0.1, -0.05) is 30.4 Å². The zero-order chi connectivity index (χ0) is 21.6. The fourth-order valence-corrected chi connectivity index (χ4v) is 5.40. The molecule has 0 bridgehead atoms. The fourth-order valence-electron chi connectivity index (χ4n) is 5.40. The summed E-state index contributed by atoms with van der Waals surface area (Å²) in [5, 5.41) is 0. The Balaban J connectivity index is 1.26. The maximum atomic E-state index is 2.53. The molecule has 2 nitrogen and oxygen atoms in total. The average Bonchev–Trinajstić information content (AvgIpc) is 2.86. The summed E-state index contributed by atoms with van der Waals surface area (Å²) in [6.07, 6.45) is 28.1. The van der Waals surface area contributed by atoms with E-state index in [-0.39, 0.29) is 0 Å². The maximum absolute atomic E-state index is 2.53. The van der Waals surface area contributed by atoms with E-state index in [0.29, 0.717) is 0 Å². The van der Waals surface area contributed by atoms with Gasteiger partial charge in [-0.3, -0.25) is 0 Å². The molecule has 0 atom stereocenters. The molecule has 0 aromatic heterocycles. The number of piperidine rings is 2. The van der Waals surface area contributed by atoms with E-state index in [1.54, 1.807) is 0 Å². The molecule has 2 fully saturated rings. The number of allylic oxidation sites excluding steroid dienone is 9. The van der Waals surface area contributed by atoms with Gasteiger partial charge >= 0.3 is 0 Å². The molecule has 4 aliphatic rings. The van der Waals surface area contributed by atoms with Crippen LogP contribution in [0, 0.1) is 0 Å². The van der Waals surface area contributed by atoms with E-state index in [9.17, 15) is 0 Å². The number of hydrogen-bond acceptors (Lipinski definition) is 1. The lowest BCUT2D eigenvalue weighted by atomic mass is 9.92. The normalized spacial score (nSPS) is 23.0. The molecule has 0 saturated carbocycles. The van der Waals surface area contributed by atoms with Crippen molar-refractivity contribution in [3.63, 3.8) is 0 Å². The number of rotatable bonds is 3.